The van der Waals surface area contributed by atoms with Crippen LogP contribution in [0.5, 0.6) is 0 Å². The van der Waals surface area contributed by atoms with E-state index in [1.54, 1.807) is 18.3 Å². The molecule has 0 atom stereocenters. The van der Waals surface area contributed by atoms with Gasteiger partial charge in [-0.3, -0.25) is 9.36 Å². The Morgan fingerprint density at radius 2 is 1.87 bits per heavy atom. The normalized spacial score (nSPS) is 16.7. The molecule has 1 heterocycles. The van der Waals surface area contributed by atoms with E-state index in [9.17, 15) is 18.0 Å². The maximum atomic E-state index is 13.0. The Morgan fingerprint density at radius 1 is 1.13 bits per heavy atom. The summed E-state index contributed by atoms with van der Waals surface area (Å²) in [5.41, 5.74) is 0.583. The second-order valence-corrected chi connectivity index (χ2v) is 6.47. The fourth-order valence-corrected chi connectivity index (χ4v) is 2.96. The van der Waals surface area contributed by atoms with Gasteiger partial charge < -0.3 is 0 Å². The van der Waals surface area contributed by atoms with Gasteiger partial charge in [-0.1, -0.05) is 32.1 Å². The van der Waals surface area contributed by atoms with E-state index in [2.05, 4.69) is 0 Å². The Hall–Kier alpha value is -2.30. The predicted molar refractivity (Wildman–Crippen MR) is 83.0 cm³/mol. The molecule has 1 aliphatic carbocycles. The Balaban J connectivity index is 2.26. The average Bonchev–Trinajstić information content (AvgIpc) is 2.44. The first kappa shape index (κ1) is 15.6. The summed E-state index contributed by atoms with van der Waals surface area (Å²) in [6.07, 6.45) is -0.323. The van der Waals surface area contributed by atoms with Crippen LogP contribution in [0.25, 0.3) is 5.70 Å². The third-order valence-corrected chi connectivity index (χ3v) is 3.97. The molecule has 2 nitrogen and oxygen atoms in total. The number of nitrogens with zero attached hydrogens (tertiary/aromatic N) is 1. The van der Waals surface area contributed by atoms with Gasteiger partial charge in [0, 0.05) is 17.8 Å². The van der Waals surface area contributed by atoms with E-state index in [4.69, 9.17) is 0 Å². The quantitative estimate of drug-likeness (QED) is 0.766. The van der Waals surface area contributed by atoms with E-state index < -0.39 is 11.7 Å². The summed E-state index contributed by atoms with van der Waals surface area (Å²) in [4.78, 5) is 12.1. The number of benzene rings is 1. The van der Waals surface area contributed by atoms with Gasteiger partial charge in [-0.05, 0) is 35.6 Å². The Labute approximate surface area is 131 Å². The van der Waals surface area contributed by atoms with Gasteiger partial charge in [0.25, 0.3) is 5.56 Å². The van der Waals surface area contributed by atoms with Crippen LogP contribution in [0.15, 0.2) is 53.5 Å². The van der Waals surface area contributed by atoms with Gasteiger partial charge in [0.1, 0.15) is 0 Å². The lowest BCUT2D eigenvalue weighted by Gasteiger charge is -2.30. The molecular weight excluding hydrogens is 303 g/mol. The van der Waals surface area contributed by atoms with E-state index >= 15 is 0 Å². The summed E-state index contributed by atoms with van der Waals surface area (Å²) in [6.45, 7) is 4.00. The molecule has 0 amide bonds. The smallest absolute Gasteiger partial charge is 0.284 e. The van der Waals surface area contributed by atoms with Crippen LogP contribution in [0, 0.1) is 5.41 Å². The number of pyridine rings is 1. The van der Waals surface area contributed by atoms with Crippen molar-refractivity contribution in [1.29, 1.82) is 0 Å². The minimum atomic E-state index is -4.41. The van der Waals surface area contributed by atoms with Crippen molar-refractivity contribution < 1.29 is 13.2 Å². The van der Waals surface area contributed by atoms with Crippen molar-refractivity contribution >= 4 is 5.70 Å². The molecule has 0 unspecified atom stereocenters. The number of hydrogen-bond donors (Lipinski definition) is 0. The van der Waals surface area contributed by atoms with E-state index in [0.717, 1.165) is 17.7 Å². The number of rotatable bonds is 1. The van der Waals surface area contributed by atoms with Gasteiger partial charge in [0.15, 0.2) is 0 Å². The summed E-state index contributed by atoms with van der Waals surface area (Å²) in [7, 11) is 0. The van der Waals surface area contributed by atoms with Crippen LogP contribution in [-0.2, 0) is 12.6 Å². The van der Waals surface area contributed by atoms with Gasteiger partial charge in [0.05, 0.1) is 11.3 Å². The summed E-state index contributed by atoms with van der Waals surface area (Å²) in [5, 5.41) is 0. The highest BCUT2D eigenvalue weighted by atomic mass is 19.4. The fraction of sp³-hybridized carbons (Fsp3) is 0.278. The highest BCUT2D eigenvalue weighted by molar-refractivity contribution is 5.72. The molecular formula is C18H16F3NO. The summed E-state index contributed by atoms with van der Waals surface area (Å²) in [5.74, 6) is 0. The first-order chi connectivity index (χ1) is 10.7. The monoisotopic (exact) mass is 319 g/mol. The van der Waals surface area contributed by atoms with E-state index in [1.807, 2.05) is 19.9 Å². The number of alkyl halides is 3. The molecule has 0 fully saturated rings. The van der Waals surface area contributed by atoms with Gasteiger partial charge in [-0.15, -0.1) is 0 Å². The van der Waals surface area contributed by atoms with Crippen molar-refractivity contribution in [3.05, 3.63) is 75.7 Å². The number of fused-ring (bicyclic) bond motifs is 1. The molecule has 0 spiro atoms. The lowest BCUT2D eigenvalue weighted by atomic mass is 9.77. The van der Waals surface area contributed by atoms with Crippen LogP contribution in [0.4, 0.5) is 13.2 Å². The van der Waals surface area contributed by atoms with Crippen molar-refractivity contribution in [2.75, 3.05) is 0 Å². The van der Waals surface area contributed by atoms with Crippen molar-refractivity contribution in [3.8, 4) is 0 Å². The highest BCUT2D eigenvalue weighted by Gasteiger charge is 2.33. The minimum Gasteiger partial charge on any atom is -0.284 e. The maximum absolute atomic E-state index is 13.0. The van der Waals surface area contributed by atoms with Gasteiger partial charge in [0.2, 0.25) is 0 Å². The van der Waals surface area contributed by atoms with Gasteiger partial charge >= 0.3 is 6.18 Å². The molecule has 1 aromatic carbocycles. The first-order valence-corrected chi connectivity index (χ1v) is 7.29. The van der Waals surface area contributed by atoms with Gasteiger partial charge in [-0.2, -0.15) is 13.2 Å². The first-order valence-electron chi connectivity index (χ1n) is 7.29. The number of halogens is 3. The van der Waals surface area contributed by atoms with Crippen LogP contribution >= 0.6 is 0 Å². The van der Waals surface area contributed by atoms with Gasteiger partial charge in [-0.25, -0.2) is 0 Å². The molecule has 1 aromatic heterocycles. The Bertz CT molecular complexity index is 844. The average molecular weight is 319 g/mol. The minimum absolute atomic E-state index is 0.239. The summed E-state index contributed by atoms with van der Waals surface area (Å²) in [6, 6.07) is 8.45. The van der Waals surface area contributed by atoms with Crippen molar-refractivity contribution in [2.24, 2.45) is 5.41 Å². The molecule has 0 saturated carbocycles. The van der Waals surface area contributed by atoms with Crippen LogP contribution in [0.1, 0.15) is 30.5 Å². The van der Waals surface area contributed by atoms with E-state index in [-0.39, 0.29) is 11.0 Å². The zero-order chi connectivity index (χ0) is 16.8. The molecule has 0 bridgehead atoms. The molecule has 1 aliphatic rings. The molecule has 0 saturated heterocycles. The van der Waals surface area contributed by atoms with Crippen molar-refractivity contribution in [2.45, 2.75) is 26.4 Å². The standard InChI is InChI=1S/C18H16F3NO/c1-17(2)10-12-6-7-13(18(19,20)21)9-14(12)15(11-17)22-8-4-3-5-16(22)23/h3-9,11H,10H2,1-2H3. The molecule has 0 N–H and O–H groups in total. The van der Waals surface area contributed by atoms with Crippen molar-refractivity contribution in [1.82, 2.24) is 4.57 Å². The zero-order valence-corrected chi connectivity index (χ0v) is 12.8. The molecule has 23 heavy (non-hydrogen) atoms. The highest BCUT2D eigenvalue weighted by Crippen LogP contribution is 2.39. The second kappa shape index (κ2) is 5.11. The Kier molecular flexibility index (Phi) is 3.47. The molecule has 2 aromatic rings. The van der Waals surface area contributed by atoms with Crippen molar-refractivity contribution in [3.63, 3.8) is 0 Å². The predicted octanol–water partition coefficient (Wildman–Crippen LogP) is 4.34. The van der Waals surface area contributed by atoms with Crippen LogP contribution in [0.2, 0.25) is 0 Å². The van der Waals surface area contributed by atoms with Crippen LogP contribution < -0.4 is 5.56 Å². The molecule has 120 valence electrons. The third kappa shape index (κ3) is 2.96. The summed E-state index contributed by atoms with van der Waals surface area (Å²) >= 11 is 0. The van der Waals surface area contributed by atoms with E-state index in [0.29, 0.717) is 17.7 Å². The zero-order valence-electron chi connectivity index (χ0n) is 12.8. The third-order valence-electron chi connectivity index (χ3n) is 3.97. The molecule has 0 aliphatic heterocycles. The maximum Gasteiger partial charge on any atom is 0.416 e. The topological polar surface area (TPSA) is 22.0 Å². The van der Waals surface area contributed by atoms with Crippen LogP contribution in [-0.4, -0.2) is 4.57 Å². The molecule has 0 radical (unpaired) electrons. The largest absolute Gasteiger partial charge is 0.416 e. The number of aromatic nitrogens is 1. The lowest BCUT2D eigenvalue weighted by Crippen LogP contribution is -2.25. The SMILES string of the molecule is CC1(C)C=C(n2ccccc2=O)c2cc(C(F)(F)F)ccc2C1. The lowest BCUT2D eigenvalue weighted by molar-refractivity contribution is -0.137. The number of allylic oxidation sites excluding steroid dienone is 1. The fourth-order valence-electron chi connectivity index (χ4n) is 2.96. The molecule has 3 rings (SSSR count). The second-order valence-electron chi connectivity index (χ2n) is 6.47. The van der Waals surface area contributed by atoms with E-state index in [1.165, 1.54) is 16.7 Å². The summed E-state index contributed by atoms with van der Waals surface area (Å²) < 4.78 is 40.5. The molecule has 5 heteroatoms. The Morgan fingerprint density at radius 3 is 2.52 bits per heavy atom. The van der Waals surface area contributed by atoms with Crippen LogP contribution in [0.3, 0.4) is 0 Å². The number of hydrogen-bond acceptors (Lipinski definition) is 1.